The van der Waals surface area contributed by atoms with Crippen molar-refractivity contribution in [3.8, 4) is 0 Å². The number of halogens is 1. The van der Waals surface area contributed by atoms with Crippen LogP contribution in [0.15, 0.2) is 30.3 Å². The summed E-state index contributed by atoms with van der Waals surface area (Å²) >= 11 is 0. The van der Waals surface area contributed by atoms with Crippen molar-refractivity contribution in [2.24, 2.45) is 0 Å². The minimum absolute atomic E-state index is 0. The van der Waals surface area contributed by atoms with E-state index < -0.39 is 6.17 Å². The van der Waals surface area contributed by atoms with Crippen LogP contribution < -0.4 is 10.6 Å². The molecular formula is C14H20ClN3O2. The molecule has 6 heteroatoms. The van der Waals surface area contributed by atoms with E-state index >= 15 is 0 Å². The highest BCUT2D eigenvalue weighted by atomic mass is 35.5. The summed E-state index contributed by atoms with van der Waals surface area (Å²) in [5.41, 5.74) is 0.625. The molecule has 0 bridgehead atoms. The van der Waals surface area contributed by atoms with Gasteiger partial charge in [0.05, 0.1) is 0 Å². The van der Waals surface area contributed by atoms with Crippen LogP contribution in [0, 0.1) is 0 Å². The number of rotatable bonds is 4. The van der Waals surface area contributed by atoms with Crippen LogP contribution >= 0.6 is 12.4 Å². The maximum absolute atomic E-state index is 12.5. The van der Waals surface area contributed by atoms with Gasteiger partial charge in [0, 0.05) is 38.7 Å². The van der Waals surface area contributed by atoms with Gasteiger partial charge in [0.1, 0.15) is 6.17 Å². The maximum Gasteiger partial charge on any atom is 0.218 e. The molecule has 0 radical (unpaired) electrons. The first-order valence-electron chi connectivity index (χ1n) is 6.49. The number of amides is 1. The highest BCUT2D eigenvalue weighted by Crippen LogP contribution is 2.08. The second-order valence-corrected chi connectivity index (χ2v) is 4.62. The van der Waals surface area contributed by atoms with Gasteiger partial charge in [-0.15, -0.1) is 12.4 Å². The van der Waals surface area contributed by atoms with Crippen molar-refractivity contribution in [2.45, 2.75) is 13.1 Å². The monoisotopic (exact) mass is 297 g/mol. The van der Waals surface area contributed by atoms with E-state index in [1.165, 1.54) is 6.92 Å². The Bertz CT molecular complexity index is 447. The zero-order valence-electron chi connectivity index (χ0n) is 11.5. The minimum atomic E-state index is -0.568. The summed E-state index contributed by atoms with van der Waals surface area (Å²) in [6.45, 7) is 4.61. The topological polar surface area (TPSA) is 61.4 Å². The third-order valence-electron chi connectivity index (χ3n) is 3.16. The lowest BCUT2D eigenvalue weighted by atomic mass is 10.1. The van der Waals surface area contributed by atoms with E-state index in [2.05, 4.69) is 10.6 Å². The maximum atomic E-state index is 12.5. The summed E-state index contributed by atoms with van der Waals surface area (Å²) < 4.78 is 0. The lowest BCUT2D eigenvalue weighted by Crippen LogP contribution is -2.58. The number of ketones is 1. The molecule has 110 valence electrons. The Labute approximate surface area is 125 Å². The Morgan fingerprint density at radius 1 is 1.20 bits per heavy atom. The fourth-order valence-corrected chi connectivity index (χ4v) is 2.22. The summed E-state index contributed by atoms with van der Waals surface area (Å²) in [4.78, 5) is 25.8. The number of benzene rings is 1. The molecule has 1 aromatic carbocycles. The Morgan fingerprint density at radius 3 is 2.35 bits per heavy atom. The first-order chi connectivity index (χ1) is 9.18. The van der Waals surface area contributed by atoms with Gasteiger partial charge in [-0.25, -0.2) is 0 Å². The fourth-order valence-electron chi connectivity index (χ4n) is 2.22. The van der Waals surface area contributed by atoms with E-state index in [0.29, 0.717) is 5.56 Å². The molecule has 2 N–H and O–H groups in total. The molecule has 0 aliphatic carbocycles. The van der Waals surface area contributed by atoms with Crippen molar-refractivity contribution in [1.82, 2.24) is 15.5 Å². The molecule has 1 fully saturated rings. The summed E-state index contributed by atoms with van der Waals surface area (Å²) in [6.07, 6.45) is -0.568. The second kappa shape index (κ2) is 7.99. The van der Waals surface area contributed by atoms with Crippen molar-refractivity contribution < 1.29 is 9.59 Å². The summed E-state index contributed by atoms with van der Waals surface area (Å²) in [5, 5.41) is 5.99. The van der Waals surface area contributed by atoms with Crippen LogP contribution in [-0.2, 0) is 4.79 Å². The van der Waals surface area contributed by atoms with E-state index in [4.69, 9.17) is 0 Å². The van der Waals surface area contributed by atoms with Gasteiger partial charge in [-0.1, -0.05) is 30.3 Å². The third-order valence-corrected chi connectivity index (χ3v) is 3.16. The van der Waals surface area contributed by atoms with Gasteiger partial charge in [0.25, 0.3) is 0 Å². The van der Waals surface area contributed by atoms with Crippen LogP contribution in [0.5, 0.6) is 0 Å². The van der Waals surface area contributed by atoms with E-state index in [-0.39, 0.29) is 24.1 Å². The van der Waals surface area contributed by atoms with Crippen molar-refractivity contribution in [3.63, 3.8) is 0 Å². The average Bonchev–Trinajstić information content (AvgIpc) is 2.46. The largest absolute Gasteiger partial charge is 0.334 e. The van der Waals surface area contributed by atoms with E-state index in [0.717, 1.165) is 26.2 Å². The number of nitrogens with one attached hydrogen (secondary N) is 2. The molecule has 5 nitrogen and oxygen atoms in total. The van der Waals surface area contributed by atoms with E-state index in [1.54, 1.807) is 12.1 Å². The third kappa shape index (κ3) is 4.30. The summed E-state index contributed by atoms with van der Waals surface area (Å²) in [7, 11) is 0. The molecule has 0 saturated carbocycles. The molecule has 2 rings (SSSR count). The lowest BCUT2D eigenvalue weighted by Gasteiger charge is -2.34. The van der Waals surface area contributed by atoms with Crippen LogP contribution in [0.2, 0.25) is 0 Å². The van der Waals surface area contributed by atoms with E-state index in [9.17, 15) is 9.59 Å². The second-order valence-electron chi connectivity index (χ2n) is 4.62. The van der Waals surface area contributed by atoms with Crippen molar-refractivity contribution in [2.75, 3.05) is 26.2 Å². The van der Waals surface area contributed by atoms with Gasteiger partial charge in [-0.2, -0.15) is 0 Å². The fraction of sp³-hybridized carbons (Fsp3) is 0.429. The van der Waals surface area contributed by atoms with Crippen molar-refractivity contribution >= 4 is 24.1 Å². The lowest BCUT2D eigenvalue weighted by molar-refractivity contribution is -0.120. The molecule has 20 heavy (non-hydrogen) atoms. The minimum Gasteiger partial charge on any atom is -0.334 e. The van der Waals surface area contributed by atoms with Gasteiger partial charge in [-0.3, -0.25) is 14.5 Å². The average molecular weight is 298 g/mol. The standard InChI is InChI=1S/C14H19N3O2.ClH/c1-11(18)16-14(17-9-7-15-8-10-17)13(19)12-5-3-2-4-6-12;/h2-6,14-15H,7-10H2,1H3,(H,16,18);1H. The number of carbonyl (C=O) groups excluding carboxylic acids is 2. The van der Waals surface area contributed by atoms with E-state index in [1.807, 2.05) is 23.1 Å². The molecule has 0 spiro atoms. The molecule has 1 aromatic rings. The van der Waals surface area contributed by atoms with Crippen LogP contribution in [0.3, 0.4) is 0 Å². The molecule has 1 amide bonds. The highest BCUT2D eigenvalue weighted by molar-refractivity contribution is 6.01. The number of carbonyl (C=O) groups is 2. The zero-order chi connectivity index (χ0) is 13.7. The molecule has 1 atom stereocenters. The predicted molar refractivity (Wildman–Crippen MR) is 80.1 cm³/mol. The molecule has 1 aliphatic rings. The number of Topliss-reactive ketones (excluding diaryl/α,β-unsaturated/α-hetero) is 1. The van der Waals surface area contributed by atoms with Crippen LogP contribution in [-0.4, -0.2) is 48.9 Å². The van der Waals surface area contributed by atoms with Crippen molar-refractivity contribution in [3.05, 3.63) is 35.9 Å². The Balaban J connectivity index is 0.00000200. The first-order valence-corrected chi connectivity index (χ1v) is 6.49. The summed E-state index contributed by atoms with van der Waals surface area (Å²) in [6, 6.07) is 9.08. The molecule has 1 unspecified atom stereocenters. The molecule has 0 aromatic heterocycles. The number of nitrogens with zero attached hydrogens (tertiary/aromatic N) is 1. The SMILES string of the molecule is CC(=O)NC(C(=O)c1ccccc1)N1CCNCC1.Cl. The molecule has 1 saturated heterocycles. The number of hydrogen-bond acceptors (Lipinski definition) is 4. The smallest absolute Gasteiger partial charge is 0.218 e. The highest BCUT2D eigenvalue weighted by Gasteiger charge is 2.28. The first kappa shape index (κ1) is 16.6. The zero-order valence-corrected chi connectivity index (χ0v) is 12.3. The van der Waals surface area contributed by atoms with Crippen LogP contribution in [0.1, 0.15) is 17.3 Å². The molecule has 1 aliphatic heterocycles. The van der Waals surface area contributed by atoms with Gasteiger partial charge in [0.15, 0.2) is 5.78 Å². The summed E-state index contributed by atoms with van der Waals surface area (Å²) in [5.74, 6) is -0.245. The van der Waals surface area contributed by atoms with Gasteiger partial charge < -0.3 is 10.6 Å². The van der Waals surface area contributed by atoms with Crippen LogP contribution in [0.4, 0.5) is 0 Å². The molecule has 1 heterocycles. The predicted octanol–water partition coefficient (Wildman–Crippen LogP) is 0.658. The molecular weight excluding hydrogens is 278 g/mol. The normalized spacial score (nSPS) is 16.9. The van der Waals surface area contributed by atoms with Gasteiger partial charge >= 0.3 is 0 Å². The number of hydrogen-bond donors (Lipinski definition) is 2. The Kier molecular flexibility index (Phi) is 6.64. The van der Waals surface area contributed by atoms with Gasteiger partial charge in [0.2, 0.25) is 5.91 Å². The van der Waals surface area contributed by atoms with Gasteiger partial charge in [-0.05, 0) is 0 Å². The Morgan fingerprint density at radius 2 is 1.80 bits per heavy atom. The Hall–Kier alpha value is -1.43. The van der Waals surface area contributed by atoms with Crippen molar-refractivity contribution in [1.29, 1.82) is 0 Å². The quantitative estimate of drug-likeness (QED) is 0.802. The number of piperazine rings is 1. The van der Waals surface area contributed by atoms with Crippen LogP contribution in [0.25, 0.3) is 0 Å².